The fourth-order valence-corrected chi connectivity index (χ4v) is 3.15. The van der Waals surface area contributed by atoms with Crippen LogP contribution in [-0.2, 0) is 0 Å². The molecule has 0 atom stereocenters. The molecule has 2 heterocycles. The van der Waals surface area contributed by atoms with Crippen LogP contribution in [0.15, 0.2) is 36.5 Å². The van der Waals surface area contributed by atoms with Crippen LogP contribution in [0.4, 0.5) is 17.3 Å². The predicted octanol–water partition coefficient (Wildman–Crippen LogP) is 2.22. The van der Waals surface area contributed by atoms with Gasteiger partial charge in [0.05, 0.1) is 30.5 Å². The summed E-state index contributed by atoms with van der Waals surface area (Å²) in [7, 11) is 1.35. The first-order valence-corrected chi connectivity index (χ1v) is 10.1. The number of ether oxygens (including phenoxy) is 2. The molecular formula is C23H26N6O5. The molecule has 2 amide bonds. The number of nitrogens with zero attached hydrogens (tertiary/aromatic N) is 3. The molecular weight excluding hydrogens is 440 g/mol. The standard InChI is InChI=1S/C23H26N6O5/c1-13-10-20(27-14(2)26-13)29-19-11-17(16(12-25-19)22(31)24-3)28-23(32)15-6-5-7-18(21(15)33-4)34-9-8-30/h5-7,10-12,30H,8-9H2,1-4H3,(H,24,31)(H2,25,26,27,28,29,32)/i3D3. The molecule has 34 heavy (non-hydrogen) atoms. The van der Waals surface area contributed by atoms with Crippen molar-refractivity contribution in [3.05, 3.63) is 59.2 Å². The van der Waals surface area contributed by atoms with Crippen molar-refractivity contribution < 1.29 is 28.3 Å². The highest BCUT2D eigenvalue weighted by Crippen LogP contribution is 2.32. The Morgan fingerprint density at radius 3 is 2.65 bits per heavy atom. The largest absolute Gasteiger partial charge is 0.492 e. The van der Waals surface area contributed by atoms with Crippen molar-refractivity contribution in [2.45, 2.75) is 13.8 Å². The Kier molecular flexibility index (Phi) is 6.62. The molecule has 2 aromatic heterocycles. The third-order valence-electron chi connectivity index (χ3n) is 4.51. The third-order valence-corrected chi connectivity index (χ3v) is 4.51. The lowest BCUT2D eigenvalue weighted by atomic mass is 10.1. The van der Waals surface area contributed by atoms with E-state index in [1.54, 1.807) is 32.0 Å². The maximum atomic E-state index is 13.2. The van der Waals surface area contributed by atoms with Crippen molar-refractivity contribution in [2.24, 2.45) is 0 Å². The van der Waals surface area contributed by atoms with Gasteiger partial charge >= 0.3 is 0 Å². The Hall–Kier alpha value is -4.25. The highest BCUT2D eigenvalue weighted by atomic mass is 16.5. The van der Waals surface area contributed by atoms with Gasteiger partial charge in [-0.05, 0) is 26.0 Å². The quantitative estimate of drug-likeness (QED) is 0.370. The van der Waals surface area contributed by atoms with Crippen LogP contribution in [0.3, 0.4) is 0 Å². The number of carbonyl (C=O) groups is 2. The van der Waals surface area contributed by atoms with Crippen molar-refractivity contribution >= 4 is 29.1 Å². The van der Waals surface area contributed by atoms with E-state index in [-0.39, 0.29) is 47.3 Å². The number of methoxy groups -OCH3 is 1. The van der Waals surface area contributed by atoms with E-state index in [9.17, 15) is 9.59 Å². The van der Waals surface area contributed by atoms with E-state index in [1.807, 2.05) is 5.32 Å². The first-order valence-electron chi connectivity index (χ1n) is 11.6. The lowest BCUT2D eigenvalue weighted by molar-refractivity contribution is 0.0963. The van der Waals surface area contributed by atoms with E-state index in [1.165, 1.54) is 19.2 Å². The summed E-state index contributed by atoms with van der Waals surface area (Å²) >= 11 is 0. The van der Waals surface area contributed by atoms with E-state index in [2.05, 4.69) is 25.6 Å². The van der Waals surface area contributed by atoms with Crippen LogP contribution in [0.1, 0.15) is 36.3 Å². The van der Waals surface area contributed by atoms with Gasteiger partial charge in [-0.3, -0.25) is 9.59 Å². The van der Waals surface area contributed by atoms with Gasteiger partial charge in [0, 0.05) is 35.1 Å². The Balaban J connectivity index is 1.99. The molecule has 3 aromatic rings. The summed E-state index contributed by atoms with van der Waals surface area (Å²) in [5, 5.41) is 16.5. The number of carbonyl (C=O) groups excluding carboxylic acids is 2. The number of amides is 2. The summed E-state index contributed by atoms with van der Waals surface area (Å²) < 4.78 is 32.8. The number of hydrogen-bond acceptors (Lipinski definition) is 9. The van der Waals surface area contributed by atoms with Gasteiger partial charge in [-0.2, -0.15) is 0 Å². The Morgan fingerprint density at radius 2 is 1.94 bits per heavy atom. The summed E-state index contributed by atoms with van der Waals surface area (Å²) in [5.74, 6) is -0.0946. The molecule has 0 aliphatic heterocycles. The Bertz CT molecular complexity index is 1280. The summed E-state index contributed by atoms with van der Waals surface area (Å²) in [6.07, 6.45) is 1.14. The second kappa shape index (κ2) is 11.1. The molecule has 178 valence electrons. The summed E-state index contributed by atoms with van der Waals surface area (Å²) in [5.41, 5.74) is 0.591. The molecule has 11 nitrogen and oxygen atoms in total. The molecule has 11 heteroatoms. The van der Waals surface area contributed by atoms with Gasteiger partial charge < -0.3 is 30.5 Å². The van der Waals surface area contributed by atoms with E-state index in [0.29, 0.717) is 17.3 Å². The highest BCUT2D eigenvalue weighted by Gasteiger charge is 2.20. The first-order chi connectivity index (χ1) is 17.5. The monoisotopic (exact) mass is 469 g/mol. The van der Waals surface area contributed by atoms with Gasteiger partial charge in [0.2, 0.25) is 0 Å². The predicted molar refractivity (Wildman–Crippen MR) is 126 cm³/mol. The van der Waals surface area contributed by atoms with Gasteiger partial charge in [-0.25, -0.2) is 15.0 Å². The molecule has 0 spiro atoms. The minimum Gasteiger partial charge on any atom is -0.492 e. The Morgan fingerprint density at radius 1 is 1.12 bits per heavy atom. The minimum atomic E-state index is -2.76. The number of anilines is 3. The minimum absolute atomic E-state index is 0.0117. The number of pyridine rings is 1. The SMILES string of the molecule is [2H]C([2H])([2H])NC(=O)c1cnc(Nc2cc(C)nc(C)n2)cc1NC(=O)c1cccc(OCCO)c1OC. The molecule has 0 saturated heterocycles. The topological polar surface area (TPSA) is 148 Å². The van der Waals surface area contributed by atoms with Crippen molar-refractivity contribution in [1.82, 2.24) is 20.3 Å². The fraction of sp³-hybridized carbons (Fsp3) is 0.261. The van der Waals surface area contributed by atoms with Crippen LogP contribution in [0.5, 0.6) is 11.5 Å². The van der Waals surface area contributed by atoms with Crippen molar-refractivity contribution in [1.29, 1.82) is 0 Å². The molecule has 1 aromatic carbocycles. The van der Waals surface area contributed by atoms with Gasteiger partial charge in [-0.15, -0.1) is 0 Å². The molecule has 0 aliphatic carbocycles. The van der Waals surface area contributed by atoms with Crippen LogP contribution in [0.2, 0.25) is 0 Å². The molecule has 0 saturated carbocycles. The van der Waals surface area contributed by atoms with Gasteiger partial charge in [0.15, 0.2) is 11.5 Å². The molecule has 0 radical (unpaired) electrons. The van der Waals surface area contributed by atoms with Crippen molar-refractivity contribution in [3.8, 4) is 11.5 Å². The zero-order valence-electron chi connectivity index (χ0n) is 21.8. The van der Waals surface area contributed by atoms with Crippen molar-refractivity contribution in [2.75, 3.05) is 37.9 Å². The summed E-state index contributed by atoms with van der Waals surface area (Å²) in [6.45, 7) is 0.521. The highest BCUT2D eigenvalue weighted by molar-refractivity contribution is 6.10. The van der Waals surface area contributed by atoms with E-state index >= 15 is 0 Å². The van der Waals surface area contributed by atoms with Crippen molar-refractivity contribution in [3.63, 3.8) is 0 Å². The smallest absolute Gasteiger partial charge is 0.259 e. The van der Waals surface area contributed by atoms with Crippen LogP contribution < -0.4 is 25.4 Å². The average Bonchev–Trinajstić information content (AvgIpc) is 2.80. The zero-order valence-corrected chi connectivity index (χ0v) is 18.8. The van der Waals surface area contributed by atoms with Crippen LogP contribution >= 0.6 is 0 Å². The van der Waals surface area contributed by atoms with E-state index in [0.717, 1.165) is 6.20 Å². The Labute approximate surface area is 200 Å². The number of nitrogens with one attached hydrogen (secondary N) is 3. The average molecular weight is 470 g/mol. The number of benzene rings is 1. The maximum Gasteiger partial charge on any atom is 0.259 e. The summed E-state index contributed by atoms with van der Waals surface area (Å²) in [4.78, 5) is 38.6. The third kappa shape index (κ3) is 5.75. The lowest BCUT2D eigenvalue weighted by Crippen LogP contribution is -2.22. The van der Waals surface area contributed by atoms with E-state index < -0.39 is 18.8 Å². The normalized spacial score (nSPS) is 12.1. The number of aromatic nitrogens is 3. The van der Waals surface area contributed by atoms with Gasteiger partial charge in [-0.1, -0.05) is 6.07 Å². The van der Waals surface area contributed by atoms with Gasteiger partial charge in [0.1, 0.15) is 24.1 Å². The molecule has 0 aliphatic rings. The molecule has 0 unspecified atom stereocenters. The maximum absolute atomic E-state index is 13.2. The molecule has 4 N–H and O–H groups in total. The second-order valence-corrected chi connectivity index (χ2v) is 7.00. The number of aliphatic hydroxyl groups excluding tert-OH is 1. The number of hydrogen-bond donors (Lipinski definition) is 4. The molecule has 0 bridgehead atoms. The van der Waals surface area contributed by atoms with Crippen LogP contribution in [0.25, 0.3) is 0 Å². The molecule has 3 rings (SSSR count). The van der Waals surface area contributed by atoms with Crippen LogP contribution in [-0.4, -0.2) is 59.2 Å². The van der Waals surface area contributed by atoms with Gasteiger partial charge in [0.25, 0.3) is 11.8 Å². The second-order valence-electron chi connectivity index (χ2n) is 7.00. The van der Waals surface area contributed by atoms with E-state index in [4.69, 9.17) is 18.7 Å². The lowest BCUT2D eigenvalue weighted by Gasteiger charge is -2.16. The zero-order chi connectivity index (χ0) is 27.2. The first kappa shape index (κ1) is 20.4. The number of para-hydroxylation sites is 1. The number of aryl methyl sites for hydroxylation is 2. The number of aliphatic hydroxyl groups is 1. The number of rotatable bonds is 9. The fourth-order valence-electron chi connectivity index (χ4n) is 3.15. The van der Waals surface area contributed by atoms with Crippen LogP contribution in [0, 0.1) is 13.8 Å². The summed E-state index contributed by atoms with van der Waals surface area (Å²) in [6, 6.07) is 7.67. The molecule has 0 fully saturated rings.